The van der Waals surface area contributed by atoms with E-state index in [4.69, 9.17) is 4.74 Å². The summed E-state index contributed by atoms with van der Waals surface area (Å²) >= 11 is 0. The van der Waals surface area contributed by atoms with Gasteiger partial charge >= 0.3 is 0 Å². The molecule has 118 valence electrons. The number of Topliss-reactive ketones (excluding diaryl/α,β-unsaturated/α-hetero) is 1. The maximum absolute atomic E-state index is 12.5. The van der Waals surface area contributed by atoms with E-state index in [-0.39, 0.29) is 11.5 Å². The van der Waals surface area contributed by atoms with Gasteiger partial charge in [-0.2, -0.15) is 0 Å². The monoisotopic (exact) mass is 316 g/mol. The lowest BCUT2D eigenvalue weighted by Gasteiger charge is -2.04. The van der Waals surface area contributed by atoms with E-state index in [1.807, 2.05) is 36.4 Å². The van der Waals surface area contributed by atoms with Gasteiger partial charge in [-0.25, -0.2) is 0 Å². The summed E-state index contributed by atoms with van der Waals surface area (Å²) in [7, 11) is 1.65. The van der Waals surface area contributed by atoms with E-state index < -0.39 is 0 Å². The number of hydrogen-bond donors (Lipinski definition) is 1. The number of ether oxygens (including phenoxy) is 1. The molecule has 1 aliphatic rings. The molecular formula is C21H16O3. The Bertz CT molecular complexity index is 999. The average molecular weight is 316 g/mol. The lowest BCUT2D eigenvalue weighted by molar-refractivity contribution is 0.104. The quantitative estimate of drug-likeness (QED) is 0.714. The number of aromatic hydroxyl groups is 1. The number of carbonyl (C=O) groups excluding carboxylic acids is 1. The van der Waals surface area contributed by atoms with Gasteiger partial charge in [-0.05, 0) is 46.7 Å². The van der Waals surface area contributed by atoms with Crippen molar-refractivity contribution in [2.75, 3.05) is 7.11 Å². The maximum Gasteiger partial charge on any atom is 0.189 e. The van der Waals surface area contributed by atoms with Gasteiger partial charge in [-0.1, -0.05) is 30.3 Å². The van der Waals surface area contributed by atoms with E-state index in [0.717, 1.165) is 27.6 Å². The number of hydrogen-bond acceptors (Lipinski definition) is 3. The third-order valence-corrected chi connectivity index (χ3v) is 4.47. The van der Waals surface area contributed by atoms with Crippen LogP contribution in [-0.2, 0) is 6.42 Å². The summed E-state index contributed by atoms with van der Waals surface area (Å²) in [6.45, 7) is 0. The predicted molar refractivity (Wildman–Crippen MR) is 94.6 cm³/mol. The Morgan fingerprint density at radius 1 is 1.04 bits per heavy atom. The standard InChI is InChI=1S/C21H16O3/c1-24-17-8-7-14-9-13(5-6-15(14)11-17)10-16-12-19-18(21(16)23)3-2-4-20(19)22/h2-11,22H,12H2,1H3/b16-10+. The van der Waals surface area contributed by atoms with Crippen LogP contribution in [0, 0.1) is 0 Å². The van der Waals surface area contributed by atoms with Crippen LogP contribution in [0.1, 0.15) is 21.5 Å². The third-order valence-electron chi connectivity index (χ3n) is 4.47. The predicted octanol–water partition coefficient (Wildman–Crippen LogP) is 4.38. The molecule has 0 amide bonds. The summed E-state index contributed by atoms with van der Waals surface area (Å²) < 4.78 is 5.24. The molecule has 0 atom stereocenters. The highest BCUT2D eigenvalue weighted by Crippen LogP contribution is 2.34. The highest BCUT2D eigenvalue weighted by molar-refractivity contribution is 6.16. The first-order chi connectivity index (χ1) is 11.7. The largest absolute Gasteiger partial charge is 0.508 e. The van der Waals surface area contributed by atoms with Crippen LogP contribution in [0.4, 0.5) is 0 Å². The van der Waals surface area contributed by atoms with Crippen LogP contribution in [0.15, 0.2) is 60.2 Å². The molecule has 0 saturated heterocycles. The van der Waals surface area contributed by atoms with Gasteiger partial charge in [0.15, 0.2) is 5.78 Å². The number of allylic oxidation sites excluding steroid dienone is 1. The fourth-order valence-electron chi connectivity index (χ4n) is 3.19. The molecule has 1 aliphatic carbocycles. The van der Waals surface area contributed by atoms with Crippen molar-refractivity contribution in [3.63, 3.8) is 0 Å². The van der Waals surface area contributed by atoms with Crippen molar-refractivity contribution in [3.8, 4) is 11.5 Å². The maximum atomic E-state index is 12.5. The van der Waals surface area contributed by atoms with Gasteiger partial charge in [-0.3, -0.25) is 4.79 Å². The highest BCUT2D eigenvalue weighted by atomic mass is 16.5. The number of benzene rings is 3. The highest BCUT2D eigenvalue weighted by Gasteiger charge is 2.26. The normalized spacial score (nSPS) is 15.0. The Hall–Kier alpha value is -3.07. The van der Waals surface area contributed by atoms with Crippen LogP contribution >= 0.6 is 0 Å². The van der Waals surface area contributed by atoms with Crippen LogP contribution in [0.3, 0.4) is 0 Å². The zero-order valence-electron chi connectivity index (χ0n) is 13.2. The Balaban J connectivity index is 1.73. The Morgan fingerprint density at radius 3 is 2.62 bits per heavy atom. The van der Waals surface area contributed by atoms with Crippen LogP contribution in [0.5, 0.6) is 11.5 Å². The molecule has 0 radical (unpaired) electrons. The molecule has 3 heteroatoms. The molecule has 0 aliphatic heterocycles. The topological polar surface area (TPSA) is 46.5 Å². The first-order valence-corrected chi connectivity index (χ1v) is 7.79. The van der Waals surface area contributed by atoms with E-state index in [9.17, 15) is 9.90 Å². The number of ketones is 1. The fraction of sp³-hybridized carbons (Fsp3) is 0.0952. The number of carbonyl (C=O) groups is 1. The van der Waals surface area contributed by atoms with Gasteiger partial charge in [0.25, 0.3) is 0 Å². The second-order valence-electron chi connectivity index (χ2n) is 5.95. The Kier molecular flexibility index (Phi) is 3.35. The van der Waals surface area contributed by atoms with E-state index in [0.29, 0.717) is 17.6 Å². The lowest BCUT2D eigenvalue weighted by Crippen LogP contribution is -1.95. The van der Waals surface area contributed by atoms with Gasteiger partial charge in [0.2, 0.25) is 0 Å². The van der Waals surface area contributed by atoms with Crippen molar-refractivity contribution in [1.82, 2.24) is 0 Å². The van der Waals surface area contributed by atoms with Gasteiger partial charge in [0, 0.05) is 23.1 Å². The van der Waals surface area contributed by atoms with E-state index in [1.54, 1.807) is 25.3 Å². The molecule has 3 nitrogen and oxygen atoms in total. The van der Waals surface area contributed by atoms with Gasteiger partial charge < -0.3 is 9.84 Å². The fourth-order valence-corrected chi connectivity index (χ4v) is 3.19. The smallest absolute Gasteiger partial charge is 0.189 e. The van der Waals surface area contributed by atoms with Crippen molar-refractivity contribution >= 4 is 22.6 Å². The van der Waals surface area contributed by atoms with Crippen LogP contribution in [0.25, 0.3) is 16.8 Å². The third kappa shape index (κ3) is 2.35. The number of methoxy groups -OCH3 is 1. The molecule has 1 N–H and O–H groups in total. The Morgan fingerprint density at radius 2 is 1.83 bits per heavy atom. The summed E-state index contributed by atoms with van der Waals surface area (Å²) in [6, 6.07) is 17.1. The summed E-state index contributed by atoms with van der Waals surface area (Å²) in [4.78, 5) is 12.5. The molecule has 0 heterocycles. The molecule has 0 spiro atoms. The second-order valence-corrected chi connectivity index (χ2v) is 5.95. The van der Waals surface area contributed by atoms with E-state index >= 15 is 0 Å². The molecule has 0 fully saturated rings. The minimum absolute atomic E-state index is 0.00396. The van der Waals surface area contributed by atoms with Crippen molar-refractivity contribution < 1.29 is 14.6 Å². The lowest BCUT2D eigenvalue weighted by atomic mass is 10.0. The van der Waals surface area contributed by atoms with Crippen molar-refractivity contribution in [2.24, 2.45) is 0 Å². The minimum Gasteiger partial charge on any atom is -0.508 e. The molecule has 24 heavy (non-hydrogen) atoms. The van der Waals surface area contributed by atoms with Gasteiger partial charge in [0.1, 0.15) is 11.5 Å². The molecule has 0 unspecified atom stereocenters. The number of fused-ring (bicyclic) bond motifs is 2. The minimum atomic E-state index is -0.00396. The van der Waals surface area contributed by atoms with Crippen LogP contribution < -0.4 is 4.74 Å². The van der Waals surface area contributed by atoms with Crippen molar-refractivity contribution in [2.45, 2.75) is 6.42 Å². The zero-order valence-corrected chi connectivity index (χ0v) is 13.2. The van der Waals surface area contributed by atoms with Crippen molar-refractivity contribution in [1.29, 1.82) is 0 Å². The first kappa shape index (κ1) is 14.5. The Labute approximate surface area is 139 Å². The molecule has 4 rings (SSSR count). The molecule has 0 aromatic heterocycles. The zero-order chi connectivity index (χ0) is 16.7. The summed E-state index contributed by atoms with van der Waals surface area (Å²) in [5.41, 5.74) is 3.01. The number of phenols is 1. The molecule has 3 aromatic rings. The van der Waals surface area contributed by atoms with Crippen LogP contribution in [0.2, 0.25) is 0 Å². The van der Waals surface area contributed by atoms with Crippen molar-refractivity contribution in [3.05, 3.63) is 76.9 Å². The van der Waals surface area contributed by atoms with E-state index in [1.165, 1.54) is 0 Å². The van der Waals surface area contributed by atoms with Gasteiger partial charge in [0.05, 0.1) is 7.11 Å². The second kappa shape index (κ2) is 5.53. The summed E-state index contributed by atoms with van der Waals surface area (Å²) in [6.07, 6.45) is 2.38. The molecule has 3 aromatic carbocycles. The molecular weight excluding hydrogens is 300 g/mol. The van der Waals surface area contributed by atoms with E-state index in [2.05, 4.69) is 6.07 Å². The molecule has 0 bridgehead atoms. The number of rotatable bonds is 2. The number of phenolic OH excluding ortho intramolecular Hbond substituents is 1. The molecule has 0 saturated carbocycles. The average Bonchev–Trinajstić information content (AvgIpc) is 2.92. The van der Waals surface area contributed by atoms with Crippen LogP contribution in [-0.4, -0.2) is 18.0 Å². The SMILES string of the molecule is COc1ccc2cc(/C=C3\Cc4c(O)cccc4C3=O)ccc2c1. The van der Waals surface area contributed by atoms with Gasteiger partial charge in [-0.15, -0.1) is 0 Å². The summed E-state index contributed by atoms with van der Waals surface area (Å²) in [5.74, 6) is 1.01. The first-order valence-electron chi connectivity index (χ1n) is 7.79. The summed E-state index contributed by atoms with van der Waals surface area (Å²) in [5, 5.41) is 12.1.